The minimum Gasteiger partial charge on any atom is -0.478 e. The molecule has 1 heterocycles. The maximum Gasteiger partial charge on any atom is 0.266 e. The molecule has 150 valence electrons. The highest BCUT2D eigenvalue weighted by atomic mass is 79.9. The number of hydrogen-bond acceptors (Lipinski definition) is 6. The van der Waals surface area contributed by atoms with Crippen molar-refractivity contribution in [1.82, 2.24) is 10.3 Å². The van der Waals surface area contributed by atoms with Crippen molar-refractivity contribution in [3.8, 4) is 5.88 Å². The smallest absolute Gasteiger partial charge is 0.266 e. The molecule has 0 spiro atoms. The number of halogens is 1. The molecule has 0 radical (unpaired) electrons. The quantitative estimate of drug-likeness (QED) is 0.353. The molecule has 9 heteroatoms. The zero-order valence-corrected chi connectivity index (χ0v) is 18.2. The Morgan fingerprint density at radius 2 is 1.69 bits per heavy atom. The van der Waals surface area contributed by atoms with E-state index in [9.17, 15) is 4.21 Å². The molecule has 1 aromatic heterocycles. The van der Waals surface area contributed by atoms with Gasteiger partial charge in [0, 0.05) is 34.5 Å². The fraction of sp³-hybridized carbons (Fsp3) is 0.706. The highest BCUT2D eigenvalue weighted by Crippen LogP contribution is 2.13. The SMILES string of the molecule is O=S(O)(=S)OCCNCCCCCCCCCCOc1ccc(Br)cn1. The molecular formula is C17H29BrN2O4S2. The van der Waals surface area contributed by atoms with E-state index in [0.717, 1.165) is 30.5 Å². The molecule has 1 aromatic rings. The number of nitrogens with zero attached hydrogens (tertiary/aromatic N) is 1. The molecule has 0 aromatic carbocycles. The van der Waals surface area contributed by atoms with Crippen LogP contribution in [0.2, 0.25) is 0 Å². The third-order valence-corrected chi connectivity index (χ3v) is 4.93. The van der Waals surface area contributed by atoms with Crippen LogP contribution in [0, 0.1) is 0 Å². The number of unbranched alkanes of at least 4 members (excludes halogenated alkanes) is 7. The van der Waals surface area contributed by atoms with Crippen LogP contribution >= 0.6 is 15.9 Å². The van der Waals surface area contributed by atoms with Gasteiger partial charge in [0.1, 0.15) is 0 Å². The van der Waals surface area contributed by atoms with Gasteiger partial charge in [-0.25, -0.2) is 4.98 Å². The standard InChI is InChI=1S/C17H29BrN2O4S2/c18-16-9-10-17(20-15-16)23-13-8-6-4-2-1-3-5-7-11-19-12-14-24-26(21,22)25/h9-10,15,19H,1-8,11-14H2,(H,21,22,25). The van der Waals surface area contributed by atoms with Gasteiger partial charge in [-0.2, -0.15) is 4.21 Å². The van der Waals surface area contributed by atoms with Crippen LogP contribution in [0.25, 0.3) is 0 Å². The Balaban J connectivity index is 1.77. The fourth-order valence-corrected chi connectivity index (χ4v) is 3.11. The molecule has 1 unspecified atom stereocenters. The molecule has 0 aliphatic carbocycles. The van der Waals surface area contributed by atoms with Crippen LogP contribution in [-0.2, 0) is 24.4 Å². The first-order valence-electron chi connectivity index (χ1n) is 9.04. The fourth-order valence-electron chi connectivity index (χ4n) is 2.38. The van der Waals surface area contributed by atoms with E-state index >= 15 is 0 Å². The summed E-state index contributed by atoms with van der Waals surface area (Å²) in [6, 6.07) is 3.80. The van der Waals surface area contributed by atoms with Crippen LogP contribution in [0.1, 0.15) is 51.4 Å². The van der Waals surface area contributed by atoms with Gasteiger partial charge in [-0.1, -0.05) is 38.5 Å². The number of ether oxygens (including phenoxy) is 1. The van der Waals surface area contributed by atoms with Gasteiger partial charge in [-0.05, 0) is 41.4 Å². The molecule has 0 amide bonds. The number of aromatic nitrogens is 1. The Morgan fingerprint density at radius 3 is 2.31 bits per heavy atom. The second-order valence-electron chi connectivity index (χ2n) is 5.99. The van der Waals surface area contributed by atoms with E-state index in [0.29, 0.717) is 12.4 Å². The van der Waals surface area contributed by atoms with E-state index in [4.69, 9.17) is 9.29 Å². The average molecular weight is 469 g/mol. The third kappa shape index (κ3) is 14.8. The molecule has 0 bridgehead atoms. The number of pyridine rings is 1. The summed E-state index contributed by atoms with van der Waals surface area (Å²) in [6.07, 6.45) is 11.3. The van der Waals surface area contributed by atoms with Gasteiger partial charge in [-0.15, -0.1) is 0 Å². The van der Waals surface area contributed by atoms with Crippen LogP contribution in [0.5, 0.6) is 5.88 Å². The van der Waals surface area contributed by atoms with Crippen LogP contribution in [0.15, 0.2) is 22.8 Å². The van der Waals surface area contributed by atoms with Gasteiger partial charge in [0.25, 0.3) is 9.05 Å². The molecule has 1 rings (SSSR count). The van der Waals surface area contributed by atoms with Crippen molar-refractivity contribution < 1.29 is 17.7 Å². The Kier molecular flexibility index (Phi) is 13.4. The Bertz CT molecular complexity index is 571. The predicted molar refractivity (Wildman–Crippen MR) is 111 cm³/mol. The van der Waals surface area contributed by atoms with Gasteiger partial charge >= 0.3 is 0 Å². The number of hydrogen-bond donors (Lipinski definition) is 2. The second kappa shape index (κ2) is 14.7. The van der Waals surface area contributed by atoms with E-state index in [1.165, 1.54) is 38.5 Å². The molecule has 2 N–H and O–H groups in total. The molecule has 26 heavy (non-hydrogen) atoms. The molecule has 0 aliphatic rings. The Hall–Kier alpha value is -0.320. The van der Waals surface area contributed by atoms with Crippen LogP contribution in [0.3, 0.4) is 0 Å². The highest BCUT2D eigenvalue weighted by molar-refractivity contribution is 9.10. The van der Waals surface area contributed by atoms with Crippen molar-refractivity contribution in [2.24, 2.45) is 0 Å². The van der Waals surface area contributed by atoms with Crippen LogP contribution < -0.4 is 10.1 Å². The third-order valence-electron chi connectivity index (χ3n) is 3.71. The van der Waals surface area contributed by atoms with Crippen molar-refractivity contribution in [3.63, 3.8) is 0 Å². The van der Waals surface area contributed by atoms with Gasteiger partial charge in [0.2, 0.25) is 5.88 Å². The summed E-state index contributed by atoms with van der Waals surface area (Å²) in [5.74, 6) is 0.683. The highest BCUT2D eigenvalue weighted by Gasteiger charge is 1.99. The zero-order chi connectivity index (χ0) is 19.1. The maximum absolute atomic E-state index is 10.7. The van der Waals surface area contributed by atoms with Crippen LogP contribution in [-0.4, -0.2) is 40.0 Å². The summed E-state index contributed by atoms with van der Waals surface area (Å²) < 4.78 is 30.6. The van der Waals surface area contributed by atoms with E-state index in [1.807, 2.05) is 12.1 Å². The van der Waals surface area contributed by atoms with Crippen molar-refractivity contribution in [3.05, 3.63) is 22.8 Å². The zero-order valence-electron chi connectivity index (χ0n) is 15.0. The summed E-state index contributed by atoms with van der Waals surface area (Å²) in [5, 5.41) is 3.17. The van der Waals surface area contributed by atoms with Crippen molar-refractivity contribution in [2.75, 3.05) is 26.3 Å². The molecule has 0 saturated heterocycles. The summed E-state index contributed by atoms with van der Waals surface area (Å²) in [4.78, 5) is 4.18. The summed E-state index contributed by atoms with van der Waals surface area (Å²) in [5.41, 5.74) is 0. The summed E-state index contributed by atoms with van der Waals surface area (Å²) in [7, 11) is -3.48. The van der Waals surface area contributed by atoms with Gasteiger partial charge in [0.05, 0.1) is 13.2 Å². The second-order valence-corrected chi connectivity index (χ2v) is 9.26. The van der Waals surface area contributed by atoms with E-state index in [1.54, 1.807) is 6.20 Å². The minimum atomic E-state index is -3.48. The van der Waals surface area contributed by atoms with Crippen molar-refractivity contribution >= 4 is 36.2 Å². The number of rotatable bonds is 16. The van der Waals surface area contributed by atoms with Crippen molar-refractivity contribution in [1.29, 1.82) is 0 Å². The molecule has 0 saturated carbocycles. The lowest BCUT2D eigenvalue weighted by Crippen LogP contribution is -2.22. The number of nitrogens with one attached hydrogen (secondary N) is 1. The summed E-state index contributed by atoms with van der Waals surface area (Å²) >= 11 is 7.58. The van der Waals surface area contributed by atoms with E-state index < -0.39 is 9.05 Å². The topological polar surface area (TPSA) is 80.7 Å². The van der Waals surface area contributed by atoms with E-state index in [-0.39, 0.29) is 6.61 Å². The first-order valence-corrected chi connectivity index (χ1v) is 12.2. The first-order chi connectivity index (χ1) is 12.5. The molecule has 1 atom stereocenters. The predicted octanol–water partition coefficient (Wildman–Crippen LogP) is 4.08. The van der Waals surface area contributed by atoms with Gasteiger partial charge < -0.3 is 10.1 Å². The Labute approximate surface area is 170 Å². The lowest BCUT2D eigenvalue weighted by atomic mass is 10.1. The van der Waals surface area contributed by atoms with Gasteiger partial charge in [-0.3, -0.25) is 8.74 Å². The molecule has 6 nitrogen and oxygen atoms in total. The summed E-state index contributed by atoms with van der Waals surface area (Å²) in [6.45, 7) is 2.34. The molecule has 0 fully saturated rings. The van der Waals surface area contributed by atoms with Gasteiger partial charge in [0.15, 0.2) is 0 Å². The minimum absolute atomic E-state index is 0.167. The van der Waals surface area contributed by atoms with Crippen molar-refractivity contribution in [2.45, 2.75) is 51.4 Å². The van der Waals surface area contributed by atoms with E-state index in [2.05, 4.69) is 41.6 Å². The average Bonchev–Trinajstić information content (AvgIpc) is 2.59. The lowest BCUT2D eigenvalue weighted by molar-refractivity contribution is 0.293. The first kappa shape index (κ1) is 23.7. The maximum atomic E-state index is 10.7. The normalized spacial score (nSPS) is 13.5. The Morgan fingerprint density at radius 1 is 1.04 bits per heavy atom. The molecular weight excluding hydrogens is 440 g/mol. The lowest BCUT2D eigenvalue weighted by Gasteiger charge is -2.06. The molecule has 0 aliphatic heterocycles. The monoisotopic (exact) mass is 468 g/mol. The largest absolute Gasteiger partial charge is 0.478 e. The van der Waals surface area contributed by atoms with Crippen LogP contribution in [0.4, 0.5) is 0 Å².